The molecule has 5 fully saturated rings. The summed E-state index contributed by atoms with van der Waals surface area (Å²) in [5, 5.41) is 6.03. The molecule has 1 unspecified atom stereocenters. The summed E-state index contributed by atoms with van der Waals surface area (Å²) in [4.78, 5) is 66.8. The van der Waals surface area contributed by atoms with Gasteiger partial charge in [0.1, 0.15) is 17.7 Å². The van der Waals surface area contributed by atoms with Gasteiger partial charge in [-0.05, 0) is 80.9 Å². The number of rotatable bonds is 11. The number of piperidine rings is 2. The van der Waals surface area contributed by atoms with E-state index < -0.39 is 17.6 Å². The van der Waals surface area contributed by atoms with Crippen LogP contribution < -0.4 is 25.2 Å². The number of nitrogens with zero attached hydrogens (tertiary/aromatic N) is 9. The van der Waals surface area contributed by atoms with Crippen molar-refractivity contribution in [3.63, 3.8) is 0 Å². The highest BCUT2D eigenvalue weighted by Crippen LogP contribution is 2.39. The zero-order valence-corrected chi connectivity index (χ0v) is 36.7. The average molecular weight is 888 g/mol. The fourth-order valence-corrected chi connectivity index (χ4v) is 10.9. The fraction of sp³-hybridized carbons (Fsp3) is 0.630. The van der Waals surface area contributed by atoms with Crippen LogP contribution in [0, 0.1) is 17.8 Å². The van der Waals surface area contributed by atoms with Crippen LogP contribution in [0.4, 0.5) is 30.4 Å². The Balaban J connectivity index is 0.682. The smallest absolute Gasteiger partial charge is 0.421 e. The first-order valence-corrected chi connectivity index (χ1v) is 23.2. The number of amides is 3. The summed E-state index contributed by atoms with van der Waals surface area (Å²) in [5.41, 5.74) is 3.11. The number of hydrogen-bond acceptors (Lipinski definition) is 13. The average Bonchev–Trinajstić information content (AvgIpc) is 3.78. The summed E-state index contributed by atoms with van der Waals surface area (Å²) in [5.74, 6) is 1.06. The van der Waals surface area contributed by atoms with Gasteiger partial charge in [0.2, 0.25) is 23.6 Å². The Bertz CT molecular complexity index is 2150. The van der Waals surface area contributed by atoms with Gasteiger partial charge in [-0.15, -0.1) is 0 Å². The number of ether oxygens (including phenoxy) is 1. The Hall–Kier alpha value is -5.10. The maximum Gasteiger partial charge on any atom is 0.421 e. The van der Waals surface area contributed by atoms with Crippen molar-refractivity contribution < 1.29 is 32.3 Å². The minimum atomic E-state index is -4.60. The summed E-state index contributed by atoms with van der Waals surface area (Å²) < 4.78 is 46.2. The SMILES string of the molecule is COc1ncc(N2CCc3ncnc(N[C@H]4CCN(C(=O)C5CCC(CN6CCN(CC7CCN(c8cncc(C9CCC(=O)NC9=O)c8)CC7)CC6)CC5)C4)c3C2)cc1C(F)(F)F. The van der Waals surface area contributed by atoms with E-state index in [4.69, 9.17) is 4.74 Å². The van der Waals surface area contributed by atoms with E-state index in [1.807, 2.05) is 16.0 Å². The van der Waals surface area contributed by atoms with E-state index >= 15 is 0 Å². The topological polar surface area (TPSA) is 152 Å². The number of likely N-dealkylation sites (tertiary alicyclic amines) is 1. The summed E-state index contributed by atoms with van der Waals surface area (Å²) in [6.07, 6.45) is 10.5. The molecular formula is C46H60F3N11O4. The molecule has 18 heteroatoms. The fourth-order valence-electron chi connectivity index (χ4n) is 10.9. The molecule has 6 aliphatic rings. The van der Waals surface area contributed by atoms with Crippen LogP contribution in [-0.2, 0) is 33.5 Å². The maximum atomic E-state index is 13.8. The van der Waals surface area contributed by atoms with Gasteiger partial charge in [-0.2, -0.15) is 13.2 Å². The minimum absolute atomic E-state index is 0.0227. The molecule has 4 saturated heterocycles. The third kappa shape index (κ3) is 10.1. The van der Waals surface area contributed by atoms with Gasteiger partial charge < -0.3 is 34.6 Å². The molecular weight excluding hydrogens is 828 g/mol. The van der Waals surface area contributed by atoms with E-state index in [2.05, 4.69) is 51.3 Å². The molecule has 2 N–H and O–H groups in total. The van der Waals surface area contributed by atoms with Gasteiger partial charge in [0, 0.05) is 115 Å². The Morgan fingerprint density at radius 3 is 2.22 bits per heavy atom. The minimum Gasteiger partial charge on any atom is -0.481 e. The van der Waals surface area contributed by atoms with Crippen LogP contribution in [0.25, 0.3) is 0 Å². The van der Waals surface area contributed by atoms with Gasteiger partial charge in [0.05, 0.1) is 42.5 Å². The number of fused-ring (bicyclic) bond motifs is 1. The number of piperazine rings is 1. The molecule has 0 spiro atoms. The van der Waals surface area contributed by atoms with Gasteiger partial charge in [-0.1, -0.05) is 0 Å². The second kappa shape index (κ2) is 19.2. The Labute approximate surface area is 372 Å². The number of nitrogens with one attached hydrogen (secondary N) is 2. The molecule has 3 amide bonds. The molecule has 344 valence electrons. The van der Waals surface area contributed by atoms with Gasteiger partial charge in [-0.3, -0.25) is 24.7 Å². The predicted molar refractivity (Wildman–Crippen MR) is 234 cm³/mol. The van der Waals surface area contributed by atoms with Gasteiger partial charge in [0.15, 0.2) is 0 Å². The number of alkyl halides is 3. The molecule has 9 rings (SSSR count). The van der Waals surface area contributed by atoms with Gasteiger partial charge in [0.25, 0.3) is 0 Å². The van der Waals surface area contributed by atoms with Crippen molar-refractivity contribution >= 4 is 34.9 Å². The molecule has 64 heavy (non-hydrogen) atoms. The van der Waals surface area contributed by atoms with Crippen molar-refractivity contribution in [1.82, 2.24) is 40.0 Å². The first kappa shape index (κ1) is 44.1. The molecule has 15 nitrogen and oxygen atoms in total. The predicted octanol–water partition coefficient (Wildman–Crippen LogP) is 4.73. The molecule has 1 saturated carbocycles. The molecule has 8 heterocycles. The van der Waals surface area contributed by atoms with E-state index in [0.29, 0.717) is 68.8 Å². The number of anilines is 3. The first-order valence-electron chi connectivity index (χ1n) is 23.2. The van der Waals surface area contributed by atoms with E-state index in [1.54, 1.807) is 6.20 Å². The zero-order chi connectivity index (χ0) is 44.4. The second-order valence-corrected chi connectivity index (χ2v) is 18.7. The van der Waals surface area contributed by atoms with E-state index in [-0.39, 0.29) is 35.6 Å². The van der Waals surface area contributed by atoms with Crippen molar-refractivity contribution in [1.29, 1.82) is 0 Å². The lowest BCUT2D eigenvalue weighted by Crippen LogP contribution is -2.50. The maximum absolute atomic E-state index is 13.8. The van der Waals surface area contributed by atoms with E-state index in [1.165, 1.54) is 19.6 Å². The molecule has 1 aliphatic carbocycles. The number of aromatic nitrogens is 4. The highest BCUT2D eigenvalue weighted by atomic mass is 19.4. The highest BCUT2D eigenvalue weighted by Gasteiger charge is 2.38. The van der Waals surface area contributed by atoms with Crippen molar-refractivity contribution in [3.8, 4) is 5.88 Å². The third-order valence-corrected chi connectivity index (χ3v) is 14.6. The van der Waals surface area contributed by atoms with Crippen molar-refractivity contribution in [2.75, 3.05) is 94.2 Å². The molecule has 3 aromatic rings. The van der Waals surface area contributed by atoms with Crippen LogP contribution in [0.3, 0.4) is 0 Å². The van der Waals surface area contributed by atoms with Crippen molar-refractivity contribution in [2.45, 2.75) is 88.9 Å². The van der Waals surface area contributed by atoms with Gasteiger partial charge >= 0.3 is 6.18 Å². The van der Waals surface area contributed by atoms with Crippen LogP contribution in [0.15, 0.2) is 37.1 Å². The third-order valence-electron chi connectivity index (χ3n) is 14.6. The first-order chi connectivity index (χ1) is 31.0. The Morgan fingerprint density at radius 2 is 1.52 bits per heavy atom. The van der Waals surface area contributed by atoms with Crippen LogP contribution in [0.2, 0.25) is 0 Å². The van der Waals surface area contributed by atoms with E-state index in [9.17, 15) is 27.6 Å². The molecule has 0 bridgehead atoms. The summed E-state index contributed by atoms with van der Waals surface area (Å²) in [7, 11) is 1.18. The number of methoxy groups -OCH3 is 1. The Kier molecular flexibility index (Phi) is 13.2. The van der Waals surface area contributed by atoms with Crippen LogP contribution in [0.5, 0.6) is 5.88 Å². The number of carbonyl (C=O) groups excluding carboxylic acids is 3. The summed E-state index contributed by atoms with van der Waals surface area (Å²) in [6.45, 7) is 10.7. The molecule has 3 aromatic heterocycles. The summed E-state index contributed by atoms with van der Waals surface area (Å²) >= 11 is 0. The lowest BCUT2D eigenvalue weighted by molar-refractivity contribution is -0.139. The lowest BCUT2D eigenvalue weighted by atomic mass is 9.81. The largest absolute Gasteiger partial charge is 0.481 e. The lowest BCUT2D eigenvalue weighted by Gasteiger charge is -2.41. The molecule has 5 aliphatic heterocycles. The van der Waals surface area contributed by atoms with Crippen LogP contribution in [0.1, 0.15) is 86.1 Å². The normalized spacial score (nSPS) is 25.3. The molecule has 0 aromatic carbocycles. The van der Waals surface area contributed by atoms with Crippen LogP contribution >= 0.6 is 0 Å². The van der Waals surface area contributed by atoms with Gasteiger partial charge in [-0.25, -0.2) is 15.0 Å². The number of halogens is 3. The van der Waals surface area contributed by atoms with Crippen LogP contribution in [-0.4, -0.2) is 138 Å². The summed E-state index contributed by atoms with van der Waals surface area (Å²) in [6, 6.07) is 3.19. The number of pyridine rings is 2. The number of carbonyl (C=O) groups is 3. The zero-order valence-electron chi connectivity index (χ0n) is 36.7. The van der Waals surface area contributed by atoms with Crippen molar-refractivity contribution in [2.24, 2.45) is 17.8 Å². The Morgan fingerprint density at radius 1 is 0.797 bits per heavy atom. The standard InChI is InChI=1S/C46H60F3N11O4/c1-64-44-39(46(47,48)49)21-36(24-51-44)59-15-11-40-38(28-59)42(53-29-52-40)54-34-10-14-60(27-34)45(63)32-4-2-30(3-5-32)25-56-16-18-57(19-17-56)26-31-8-12-58(13-9-31)35-20-33(22-50-23-35)37-6-7-41(61)55-43(37)62/h20-24,29-32,34,37H,2-19,25-28H2,1H3,(H,52,53,54)(H,55,61,62)/t30?,32?,34-,37?/m0/s1. The monoisotopic (exact) mass is 887 g/mol. The second-order valence-electron chi connectivity index (χ2n) is 18.7. The molecule has 0 radical (unpaired) electrons. The molecule has 2 atom stereocenters. The van der Waals surface area contributed by atoms with E-state index in [0.717, 1.165) is 126 Å². The number of hydrogen-bond donors (Lipinski definition) is 2. The quantitative estimate of drug-likeness (QED) is 0.256. The highest BCUT2D eigenvalue weighted by molar-refractivity contribution is 6.01. The van der Waals surface area contributed by atoms with Crippen molar-refractivity contribution in [3.05, 3.63) is 59.4 Å². The number of imide groups is 1.